The summed E-state index contributed by atoms with van der Waals surface area (Å²) in [6.45, 7) is 6.63. The first kappa shape index (κ1) is 18.9. The number of aryl methyl sites for hydroxylation is 2. The Bertz CT molecular complexity index is 924. The van der Waals surface area contributed by atoms with Gasteiger partial charge in [0.1, 0.15) is 5.75 Å². The molecule has 1 amide bonds. The summed E-state index contributed by atoms with van der Waals surface area (Å²) >= 11 is 1.29. The van der Waals surface area contributed by atoms with Gasteiger partial charge in [-0.1, -0.05) is 17.8 Å². The third kappa shape index (κ3) is 4.85. The number of ether oxygens (including phenoxy) is 1. The lowest BCUT2D eigenvalue weighted by molar-refractivity contribution is -0.113. The van der Waals surface area contributed by atoms with Gasteiger partial charge < -0.3 is 10.1 Å². The molecule has 0 radical (unpaired) electrons. The van der Waals surface area contributed by atoms with Crippen LogP contribution in [0.3, 0.4) is 0 Å². The van der Waals surface area contributed by atoms with Crippen LogP contribution in [-0.4, -0.2) is 38.5 Å². The number of nitrogens with one attached hydrogen (secondary N) is 1. The third-order valence-corrected chi connectivity index (χ3v) is 4.88. The van der Waals surface area contributed by atoms with Gasteiger partial charge in [0.25, 0.3) is 0 Å². The van der Waals surface area contributed by atoms with Gasteiger partial charge in [0.05, 0.1) is 18.0 Å². The molecule has 0 aliphatic heterocycles. The summed E-state index contributed by atoms with van der Waals surface area (Å²) in [6.07, 6.45) is 0. The Morgan fingerprint density at radius 3 is 2.63 bits per heavy atom. The van der Waals surface area contributed by atoms with Crippen LogP contribution in [0, 0.1) is 13.8 Å². The van der Waals surface area contributed by atoms with Crippen LogP contribution in [0.2, 0.25) is 0 Å². The Kier molecular flexibility index (Phi) is 6.08. The minimum absolute atomic E-state index is 0.126. The van der Waals surface area contributed by atoms with Crippen molar-refractivity contribution in [1.29, 1.82) is 0 Å². The number of anilines is 1. The Labute approximate surface area is 162 Å². The fourth-order valence-electron chi connectivity index (χ4n) is 2.42. The van der Waals surface area contributed by atoms with Gasteiger partial charge in [0, 0.05) is 5.69 Å². The molecular weight excluding hydrogens is 362 g/mol. The number of aromatic nitrogens is 4. The molecule has 27 heavy (non-hydrogen) atoms. The molecule has 3 rings (SSSR count). The summed E-state index contributed by atoms with van der Waals surface area (Å²) < 4.78 is 7.03. The minimum atomic E-state index is -0.126. The molecule has 1 heterocycles. The second-order valence-electron chi connectivity index (χ2n) is 5.94. The molecular formula is C19H21N5O2S. The summed E-state index contributed by atoms with van der Waals surface area (Å²) in [5, 5.41) is 15.2. The zero-order valence-corrected chi connectivity index (χ0v) is 16.3. The van der Waals surface area contributed by atoms with E-state index >= 15 is 0 Å². The molecule has 0 aliphatic rings. The maximum Gasteiger partial charge on any atom is 0.234 e. The van der Waals surface area contributed by atoms with Crippen LogP contribution in [0.5, 0.6) is 5.75 Å². The van der Waals surface area contributed by atoms with Gasteiger partial charge in [-0.25, -0.2) is 0 Å². The van der Waals surface area contributed by atoms with Crippen LogP contribution in [0.1, 0.15) is 18.1 Å². The van der Waals surface area contributed by atoms with Gasteiger partial charge in [-0.2, -0.15) is 4.68 Å². The van der Waals surface area contributed by atoms with E-state index < -0.39 is 0 Å². The Morgan fingerprint density at radius 2 is 1.93 bits per heavy atom. The number of hydrogen-bond donors (Lipinski definition) is 1. The van der Waals surface area contributed by atoms with Gasteiger partial charge in [0.2, 0.25) is 11.1 Å². The topological polar surface area (TPSA) is 81.9 Å². The van der Waals surface area contributed by atoms with E-state index in [4.69, 9.17) is 4.74 Å². The number of tetrazole rings is 1. The zero-order valence-electron chi connectivity index (χ0n) is 15.5. The number of amides is 1. The molecule has 3 aromatic rings. The van der Waals surface area contributed by atoms with Gasteiger partial charge >= 0.3 is 0 Å². The van der Waals surface area contributed by atoms with Crippen molar-refractivity contribution in [2.24, 2.45) is 0 Å². The molecule has 1 aromatic heterocycles. The largest absolute Gasteiger partial charge is 0.494 e. The van der Waals surface area contributed by atoms with Gasteiger partial charge in [-0.3, -0.25) is 4.79 Å². The predicted molar refractivity (Wildman–Crippen MR) is 106 cm³/mol. The van der Waals surface area contributed by atoms with Crippen LogP contribution in [0.25, 0.3) is 5.69 Å². The van der Waals surface area contributed by atoms with Gasteiger partial charge in [-0.05, 0) is 78.7 Å². The zero-order chi connectivity index (χ0) is 19.2. The van der Waals surface area contributed by atoms with Crippen LogP contribution in [0.15, 0.2) is 47.6 Å². The van der Waals surface area contributed by atoms with Gasteiger partial charge in [0.15, 0.2) is 0 Å². The summed E-state index contributed by atoms with van der Waals surface area (Å²) in [5.74, 6) is 0.856. The first-order valence-corrected chi connectivity index (χ1v) is 9.57. The smallest absolute Gasteiger partial charge is 0.234 e. The van der Waals surface area contributed by atoms with E-state index in [1.54, 1.807) is 4.68 Å². The predicted octanol–water partition coefficient (Wildman–Crippen LogP) is 3.41. The van der Waals surface area contributed by atoms with Crippen molar-refractivity contribution in [3.63, 3.8) is 0 Å². The Hall–Kier alpha value is -2.87. The van der Waals surface area contributed by atoms with Crippen molar-refractivity contribution in [2.75, 3.05) is 17.7 Å². The molecule has 1 N–H and O–H groups in total. The number of carbonyl (C=O) groups excluding carboxylic acids is 1. The van der Waals surface area contributed by atoms with Crippen LogP contribution in [0.4, 0.5) is 5.69 Å². The van der Waals surface area contributed by atoms with Crippen molar-refractivity contribution < 1.29 is 9.53 Å². The van der Waals surface area contributed by atoms with Crippen molar-refractivity contribution in [3.05, 3.63) is 53.6 Å². The van der Waals surface area contributed by atoms with Crippen LogP contribution >= 0.6 is 11.8 Å². The lowest BCUT2D eigenvalue weighted by atomic mass is 10.1. The minimum Gasteiger partial charge on any atom is -0.494 e. The lowest BCUT2D eigenvalue weighted by Gasteiger charge is -2.08. The number of carbonyl (C=O) groups is 1. The highest BCUT2D eigenvalue weighted by atomic mass is 32.2. The average molecular weight is 383 g/mol. The monoisotopic (exact) mass is 383 g/mol. The highest BCUT2D eigenvalue weighted by Crippen LogP contribution is 2.21. The average Bonchev–Trinajstić information content (AvgIpc) is 3.13. The first-order chi connectivity index (χ1) is 13.1. The molecule has 0 saturated heterocycles. The van der Waals surface area contributed by atoms with E-state index in [1.165, 1.54) is 17.3 Å². The SMILES string of the molecule is CCOc1ccc(NC(=O)CSc2nnnn2-c2ccc(C)c(C)c2)cc1. The molecule has 0 unspecified atom stereocenters. The molecule has 0 bridgehead atoms. The molecule has 0 atom stereocenters. The first-order valence-electron chi connectivity index (χ1n) is 8.58. The van der Waals surface area contributed by atoms with Crippen molar-refractivity contribution in [2.45, 2.75) is 25.9 Å². The maximum atomic E-state index is 12.2. The molecule has 2 aromatic carbocycles. The van der Waals surface area contributed by atoms with Crippen molar-refractivity contribution in [3.8, 4) is 11.4 Å². The number of benzene rings is 2. The van der Waals surface area contributed by atoms with E-state index in [0.29, 0.717) is 11.8 Å². The maximum absolute atomic E-state index is 12.2. The Morgan fingerprint density at radius 1 is 1.15 bits per heavy atom. The van der Waals surface area contributed by atoms with E-state index in [9.17, 15) is 4.79 Å². The summed E-state index contributed by atoms with van der Waals surface area (Å²) in [4.78, 5) is 12.2. The van der Waals surface area contributed by atoms with Gasteiger partial charge in [-0.15, -0.1) is 5.10 Å². The molecule has 7 nitrogen and oxygen atoms in total. The fraction of sp³-hybridized carbons (Fsp3) is 0.263. The number of thioether (sulfide) groups is 1. The summed E-state index contributed by atoms with van der Waals surface area (Å²) in [5.41, 5.74) is 3.96. The van der Waals surface area contributed by atoms with E-state index in [0.717, 1.165) is 22.7 Å². The van der Waals surface area contributed by atoms with E-state index in [1.807, 2.05) is 56.3 Å². The molecule has 0 aliphatic carbocycles. The second-order valence-corrected chi connectivity index (χ2v) is 6.88. The molecule has 140 valence electrons. The van der Waals surface area contributed by atoms with Crippen LogP contribution in [-0.2, 0) is 4.79 Å². The van der Waals surface area contributed by atoms with Crippen molar-refractivity contribution >= 4 is 23.4 Å². The highest BCUT2D eigenvalue weighted by Gasteiger charge is 2.12. The number of nitrogens with zero attached hydrogens (tertiary/aromatic N) is 4. The summed E-state index contributed by atoms with van der Waals surface area (Å²) in [6, 6.07) is 13.3. The normalized spacial score (nSPS) is 10.6. The lowest BCUT2D eigenvalue weighted by Crippen LogP contribution is -2.14. The Balaban J connectivity index is 1.61. The quantitative estimate of drug-likeness (QED) is 0.630. The third-order valence-electron chi connectivity index (χ3n) is 3.96. The highest BCUT2D eigenvalue weighted by molar-refractivity contribution is 7.99. The van der Waals surface area contributed by atoms with Crippen molar-refractivity contribution in [1.82, 2.24) is 20.2 Å². The van der Waals surface area contributed by atoms with E-state index in [-0.39, 0.29) is 11.7 Å². The molecule has 8 heteroatoms. The molecule has 0 saturated carbocycles. The second kappa shape index (κ2) is 8.68. The summed E-state index contributed by atoms with van der Waals surface area (Å²) in [7, 11) is 0. The van der Waals surface area contributed by atoms with Crippen LogP contribution < -0.4 is 10.1 Å². The molecule has 0 spiro atoms. The standard InChI is InChI=1S/C19H21N5O2S/c1-4-26-17-9-6-15(7-10-17)20-18(25)12-27-19-21-22-23-24(19)16-8-5-13(2)14(3)11-16/h5-11H,4,12H2,1-3H3,(H,20,25). The number of rotatable bonds is 7. The number of hydrogen-bond acceptors (Lipinski definition) is 6. The van der Waals surface area contributed by atoms with E-state index in [2.05, 4.69) is 27.8 Å². The fourth-order valence-corrected chi connectivity index (χ4v) is 3.11. The molecule has 0 fully saturated rings.